The standard InChI is InChI=1S/C18H26O4/c1-17-9-7-13-11(12(17)4-6-15(17)20)3-5-14(19)18(13,2)10-8-16(21)22/h11-13H,3-10H2,1-2H3,(H,21,22)/t11-,12-,13-,17-,18+/m0/s1. The van der Waals surface area contributed by atoms with E-state index in [1.54, 1.807) is 0 Å². The molecule has 3 fully saturated rings. The molecule has 3 saturated carbocycles. The van der Waals surface area contributed by atoms with Crippen molar-refractivity contribution in [1.29, 1.82) is 0 Å². The summed E-state index contributed by atoms with van der Waals surface area (Å²) in [6.45, 7) is 4.10. The Morgan fingerprint density at radius 3 is 2.45 bits per heavy atom. The molecule has 0 spiro atoms. The van der Waals surface area contributed by atoms with Crippen molar-refractivity contribution in [1.82, 2.24) is 0 Å². The molecule has 4 heteroatoms. The zero-order valence-electron chi connectivity index (χ0n) is 13.6. The molecule has 0 aromatic rings. The number of carboxylic acids is 1. The van der Waals surface area contributed by atoms with Gasteiger partial charge in [-0.1, -0.05) is 13.8 Å². The third kappa shape index (κ3) is 2.14. The van der Waals surface area contributed by atoms with Crippen LogP contribution in [0.25, 0.3) is 0 Å². The number of fused-ring (bicyclic) bond motifs is 3. The topological polar surface area (TPSA) is 71.4 Å². The van der Waals surface area contributed by atoms with Gasteiger partial charge >= 0.3 is 5.97 Å². The van der Waals surface area contributed by atoms with E-state index in [0.717, 1.165) is 25.7 Å². The summed E-state index contributed by atoms with van der Waals surface area (Å²) in [6.07, 6.45) is 5.35. The summed E-state index contributed by atoms with van der Waals surface area (Å²) in [5.41, 5.74) is -0.691. The van der Waals surface area contributed by atoms with Crippen molar-refractivity contribution in [3.63, 3.8) is 0 Å². The van der Waals surface area contributed by atoms with Gasteiger partial charge in [-0.3, -0.25) is 14.4 Å². The predicted molar refractivity (Wildman–Crippen MR) is 81.3 cm³/mol. The van der Waals surface area contributed by atoms with Crippen molar-refractivity contribution in [3.8, 4) is 0 Å². The van der Waals surface area contributed by atoms with Crippen LogP contribution >= 0.6 is 0 Å². The Morgan fingerprint density at radius 2 is 1.77 bits per heavy atom. The second-order valence-corrected chi connectivity index (χ2v) is 8.07. The van der Waals surface area contributed by atoms with Crippen molar-refractivity contribution < 1.29 is 19.5 Å². The van der Waals surface area contributed by atoms with E-state index in [1.807, 2.05) is 6.92 Å². The minimum Gasteiger partial charge on any atom is -0.481 e. The Morgan fingerprint density at radius 1 is 1.09 bits per heavy atom. The number of carbonyl (C=O) groups is 3. The van der Waals surface area contributed by atoms with Gasteiger partial charge in [-0.25, -0.2) is 0 Å². The molecule has 0 saturated heterocycles. The van der Waals surface area contributed by atoms with Crippen LogP contribution in [0.2, 0.25) is 0 Å². The molecule has 122 valence electrons. The van der Waals surface area contributed by atoms with Crippen molar-refractivity contribution >= 4 is 17.5 Å². The monoisotopic (exact) mass is 306 g/mol. The van der Waals surface area contributed by atoms with Crippen LogP contribution in [0.1, 0.15) is 65.2 Å². The highest BCUT2D eigenvalue weighted by molar-refractivity contribution is 5.88. The highest BCUT2D eigenvalue weighted by Crippen LogP contribution is 2.61. The normalized spacial score (nSPS) is 44.5. The molecule has 5 atom stereocenters. The van der Waals surface area contributed by atoms with E-state index >= 15 is 0 Å². The first kappa shape index (κ1) is 15.7. The number of ketones is 2. The lowest BCUT2D eigenvalue weighted by Crippen LogP contribution is -2.52. The fourth-order valence-electron chi connectivity index (χ4n) is 5.73. The molecule has 3 aliphatic rings. The van der Waals surface area contributed by atoms with Gasteiger partial charge in [0.25, 0.3) is 0 Å². The maximum Gasteiger partial charge on any atom is 0.303 e. The number of hydrogen-bond acceptors (Lipinski definition) is 3. The number of rotatable bonds is 3. The smallest absolute Gasteiger partial charge is 0.303 e. The largest absolute Gasteiger partial charge is 0.481 e. The molecule has 0 aromatic heterocycles. The average molecular weight is 306 g/mol. The number of aliphatic carboxylic acids is 1. The van der Waals surface area contributed by atoms with Gasteiger partial charge in [0.15, 0.2) is 0 Å². The van der Waals surface area contributed by atoms with Crippen molar-refractivity contribution in [3.05, 3.63) is 0 Å². The summed E-state index contributed by atoms with van der Waals surface area (Å²) in [5.74, 6) is 0.894. The number of carbonyl (C=O) groups excluding carboxylic acids is 2. The molecule has 0 amide bonds. The maximum absolute atomic E-state index is 12.6. The highest BCUT2D eigenvalue weighted by Gasteiger charge is 2.59. The van der Waals surface area contributed by atoms with Gasteiger partial charge in [-0.2, -0.15) is 0 Å². The lowest BCUT2D eigenvalue weighted by molar-refractivity contribution is -0.149. The molecule has 0 bridgehead atoms. The molecule has 3 rings (SSSR count). The number of Topliss-reactive ketones (excluding diaryl/α,β-unsaturated/α-hetero) is 2. The van der Waals surface area contributed by atoms with Gasteiger partial charge in [-0.15, -0.1) is 0 Å². The summed E-state index contributed by atoms with van der Waals surface area (Å²) in [4.78, 5) is 35.8. The van der Waals surface area contributed by atoms with Crippen molar-refractivity contribution in [2.45, 2.75) is 65.2 Å². The fraction of sp³-hybridized carbons (Fsp3) is 0.833. The van der Waals surface area contributed by atoms with E-state index in [1.165, 1.54) is 0 Å². The van der Waals surface area contributed by atoms with Crippen LogP contribution < -0.4 is 0 Å². The quantitative estimate of drug-likeness (QED) is 0.869. The third-order valence-electron chi connectivity index (χ3n) is 7.16. The van der Waals surface area contributed by atoms with Gasteiger partial charge in [0.05, 0.1) is 0 Å². The van der Waals surface area contributed by atoms with Crippen LogP contribution in [-0.4, -0.2) is 22.6 Å². The molecular formula is C18H26O4. The van der Waals surface area contributed by atoms with E-state index in [9.17, 15) is 14.4 Å². The second kappa shape index (κ2) is 5.17. The Labute approximate surface area is 131 Å². The Kier molecular flexibility index (Phi) is 3.69. The zero-order chi connectivity index (χ0) is 16.1. The van der Waals surface area contributed by atoms with E-state index in [0.29, 0.717) is 36.9 Å². The minimum atomic E-state index is -0.826. The SMILES string of the molecule is C[C@]1(CCC(=O)O)C(=O)CC[C@@H]2[C@@H]1CC[C@]1(C)C(=O)CC[C@@H]21. The molecule has 22 heavy (non-hydrogen) atoms. The summed E-state index contributed by atoms with van der Waals surface area (Å²) in [5, 5.41) is 9.01. The summed E-state index contributed by atoms with van der Waals surface area (Å²) in [6, 6.07) is 0. The zero-order valence-corrected chi connectivity index (χ0v) is 13.6. The lowest BCUT2D eigenvalue weighted by Gasteiger charge is -2.54. The summed E-state index contributed by atoms with van der Waals surface area (Å²) < 4.78 is 0. The Balaban J connectivity index is 1.88. The lowest BCUT2D eigenvalue weighted by atomic mass is 9.49. The Hall–Kier alpha value is -1.19. The number of hydrogen-bond donors (Lipinski definition) is 1. The van der Waals surface area contributed by atoms with Gasteiger partial charge in [0, 0.05) is 30.1 Å². The third-order valence-corrected chi connectivity index (χ3v) is 7.16. The summed E-state index contributed by atoms with van der Waals surface area (Å²) in [7, 11) is 0. The first-order valence-electron chi connectivity index (χ1n) is 8.57. The molecule has 4 nitrogen and oxygen atoms in total. The molecule has 3 aliphatic carbocycles. The van der Waals surface area contributed by atoms with Crippen molar-refractivity contribution in [2.24, 2.45) is 28.6 Å². The van der Waals surface area contributed by atoms with Crippen LogP contribution in [0.15, 0.2) is 0 Å². The molecule has 0 unspecified atom stereocenters. The van der Waals surface area contributed by atoms with Gasteiger partial charge in [-0.05, 0) is 49.9 Å². The first-order chi connectivity index (χ1) is 10.3. The predicted octanol–water partition coefficient (Wildman–Crippen LogP) is 3.23. The molecule has 0 aromatic carbocycles. The molecule has 0 heterocycles. The molecule has 0 aliphatic heterocycles. The first-order valence-corrected chi connectivity index (χ1v) is 8.57. The maximum atomic E-state index is 12.6. The van der Waals surface area contributed by atoms with E-state index < -0.39 is 11.4 Å². The van der Waals surface area contributed by atoms with E-state index in [4.69, 9.17) is 5.11 Å². The second-order valence-electron chi connectivity index (χ2n) is 8.07. The molecule has 1 N–H and O–H groups in total. The highest BCUT2D eigenvalue weighted by atomic mass is 16.4. The average Bonchev–Trinajstić information content (AvgIpc) is 2.77. The Bertz CT molecular complexity index is 525. The van der Waals surface area contributed by atoms with E-state index in [2.05, 4.69) is 6.92 Å². The van der Waals surface area contributed by atoms with Crippen molar-refractivity contribution in [2.75, 3.05) is 0 Å². The fourth-order valence-corrected chi connectivity index (χ4v) is 5.73. The summed E-state index contributed by atoms with van der Waals surface area (Å²) >= 11 is 0. The van der Waals surface area contributed by atoms with Crippen LogP contribution in [-0.2, 0) is 14.4 Å². The van der Waals surface area contributed by atoms with Crippen LogP contribution in [0.3, 0.4) is 0 Å². The van der Waals surface area contributed by atoms with E-state index in [-0.39, 0.29) is 23.5 Å². The van der Waals surface area contributed by atoms with Gasteiger partial charge in [0.2, 0.25) is 0 Å². The van der Waals surface area contributed by atoms with Gasteiger partial charge in [0.1, 0.15) is 11.6 Å². The van der Waals surface area contributed by atoms with Gasteiger partial charge < -0.3 is 5.11 Å². The van der Waals surface area contributed by atoms with Crippen LogP contribution in [0.5, 0.6) is 0 Å². The number of carboxylic acid groups (broad SMARTS) is 1. The van der Waals surface area contributed by atoms with Crippen LogP contribution in [0.4, 0.5) is 0 Å². The van der Waals surface area contributed by atoms with Crippen LogP contribution in [0, 0.1) is 28.6 Å². The molecule has 0 radical (unpaired) electrons. The molecular weight excluding hydrogens is 280 g/mol. The minimum absolute atomic E-state index is 0.0618.